The molecule has 0 aromatic heterocycles. The van der Waals surface area contributed by atoms with Crippen molar-refractivity contribution in [1.29, 1.82) is 5.26 Å². The Labute approximate surface area is 119 Å². The minimum absolute atomic E-state index is 0.130. The van der Waals surface area contributed by atoms with Crippen LogP contribution < -0.4 is 5.73 Å². The molecule has 5 heteroatoms. The van der Waals surface area contributed by atoms with E-state index >= 15 is 0 Å². The number of aliphatic hydroxyl groups is 1. The van der Waals surface area contributed by atoms with E-state index in [4.69, 9.17) is 11.0 Å². The minimum Gasteiger partial charge on any atom is -0.387 e. The first-order valence-corrected chi connectivity index (χ1v) is 6.61. The van der Waals surface area contributed by atoms with E-state index in [1.54, 1.807) is 24.3 Å². The average Bonchev–Trinajstić information content (AvgIpc) is 2.37. The second kappa shape index (κ2) is 7.63. The lowest BCUT2D eigenvalue weighted by Crippen LogP contribution is -2.38. The summed E-state index contributed by atoms with van der Waals surface area (Å²) < 4.78 is 0. The van der Waals surface area contributed by atoms with Crippen molar-refractivity contribution < 1.29 is 9.90 Å². The number of benzene rings is 1. The molecule has 1 aromatic rings. The number of hydrogen-bond donors (Lipinski definition) is 2. The Bertz CT molecular complexity index is 477. The number of nitrogens with two attached hydrogens (primary N) is 1. The summed E-state index contributed by atoms with van der Waals surface area (Å²) in [7, 11) is 0. The van der Waals surface area contributed by atoms with E-state index in [0.717, 1.165) is 5.56 Å². The molecule has 0 aliphatic heterocycles. The zero-order valence-electron chi connectivity index (χ0n) is 11.9. The first-order valence-electron chi connectivity index (χ1n) is 6.61. The number of hydrogen-bond acceptors (Lipinski definition) is 4. The van der Waals surface area contributed by atoms with Gasteiger partial charge in [-0.2, -0.15) is 5.26 Å². The van der Waals surface area contributed by atoms with E-state index in [0.29, 0.717) is 24.6 Å². The number of nitrogens with zero attached hydrogens (tertiary/aromatic N) is 2. The lowest BCUT2D eigenvalue weighted by molar-refractivity contribution is -0.119. The van der Waals surface area contributed by atoms with Crippen molar-refractivity contribution >= 4 is 5.91 Å². The molecule has 0 bridgehead atoms. The molecule has 1 aromatic carbocycles. The molecule has 0 heterocycles. The lowest BCUT2D eigenvalue weighted by Gasteiger charge is -2.25. The molecule has 0 fully saturated rings. The largest absolute Gasteiger partial charge is 0.387 e. The SMILES string of the molecule is CC(C)CN(CC(N)=O)CC(O)c1ccc(C#N)cc1. The number of nitriles is 1. The summed E-state index contributed by atoms with van der Waals surface area (Å²) in [6, 6.07) is 8.81. The summed E-state index contributed by atoms with van der Waals surface area (Å²) in [5, 5.41) is 18.9. The van der Waals surface area contributed by atoms with Crippen molar-refractivity contribution in [3.63, 3.8) is 0 Å². The highest BCUT2D eigenvalue weighted by Crippen LogP contribution is 2.15. The van der Waals surface area contributed by atoms with Crippen LogP contribution in [0.3, 0.4) is 0 Å². The van der Waals surface area contributed by atoms with Gasteiger partial charge >= 0.3 is 0 Å². The Balaban J connectivity index is 2.70. The lowest BCUT2D eigenvalue weighted by atomic mass is 10.1. The standard InChI is InChI=1S/C15H21N3O2/c1-11(2)8-18(10-15(17)20)9-14(19)13-5-3-12(7-16)4-6-13/h3-6,11,14,19H,8-10H2,1-2H3,(H2,17,20). The van der Waals surface area contributed by atoms with Crippen LogP contribution in [0, 0.1) is 17.2 Å². The molecule has 0 spiro atoms. The Hall–Kier alpha value is -1.90. The molecule has 1 rings (SSSR count). The van der Waals surface area contributed by atoms with Gasteiger partial charge in [-0.3, -0.25) is 9.69 Å². The van der Waals surface area contributed by atoms with Gasteiger partial charge < -0.3 is 10.8 Å². The predicted molar refractivity (Wildman–Crippen MR) is 76.6 cm³/mol. The zero-order chi connectivity index (χ0) is 15.1. The van der Waals surface area contributed by atoms with Gasteiger partial charge in [0.15, 0.2) is 0 Å². The third-order valence-corrected chi connectivity index (χ3v) is 2.86. The minimum atomic E-state index is -0.708. The van der Waals surface area contributed by atoms with Crippen molar-refractivity contribution in [3.05, 3.63) is 35.4 Å². The van der Waals surface area contributed by atoms with Crippen molar-refractivity contribution in [2.45, 2.75) is 20.0 Å². The third kappa shape index (κ3) is 5.39. The molecule has 5 nitrogen and oxygen atoms in total. The number of aliphatic hydroxyl groups excluding tert-OH is 1. The molecular formula is C15H21N3O2. The van der Waals surface area contributed by atoms with Crippen LogP contribution in [0.15, 0.2) is 24.3 Å². The molecule has 0 saturated heterocycles. The molecule has 0 aliphatic carbocycles. The maximum atomic E-state index is 11.1. The highest BCUT2D eigenvalue weighted by atomic mass is 16.3. The molecule has 0 radical (unpaired) electrons. The van der Waals surface area contributed by atoms with E-state index in [-0.39, 0.29) is 6.54 Å². The van der Waals surface area contributed by atoms with Crippen LogP contribution in [0.2, 0.25) is 0 Å². The first kappa shape index (κ1) is 16.2. The van der Waals surface area contributed by atoms with Gasteiger partial charge in [-0.25, -0.2) is 0 Å². The number of amides is 1. The van der Waals surface area contributed by atoms with Crippen molar-refractivity contribution in [3.8, 4) is 6.07 Å². The Morgan fingerprint density at radius 3 is 2.40 bits per heavy atom. The molecule has 3 N–H and O–H groups in total. The molecule has 1 atom stereocenters. The molecule has 108 valence electrons. The fraction of sp³-hybridized carbons (Fsp3) is 0.467. The second-order valence-electron chi connectivity index (χ2n) is 5.30. The molecule has 0 aliphatic rings. The monoisotopic (exact) mass is 275 g/mol. The molecular weight excluding hydrogens is 254 g/mol. The van der Waals surface area contributed by atoms with Crippen LogP contribution in [0.25, 0.3) is 0 Å². The summed E-state index contributed by atoms with van der Waals surface area (Å²) in [4.78, 5) is 12.9. The van der Waals surface area contributed by atoms with Crippen LogP contribution in [0.4, 0.5) is 0 Å². The normalized spacial score (nSPS) is 12.4. The number of primary amides is 1. The van der Waals surface area contributed by atoms with Crippen molar-refractivity contribution in [2.24, 2.45) is 11.7 Å². The summed E-state index contributed by atoms with van der Waals surface area (Å²) in [5.74, 6) is -0.0276. The van der Waals surface area contributed by atoms with E-state index in [2.05, 4.69) is 0 Å². The summed E-state index contributed by atoms with van der Waals surface area (Å²) in [5.41, 5.74) is 6.50. The third-order valence-electron chi connectivity index (χ3n) is 2.86. The van der Waals surface area contributed by atoms with E-state index in [1.807, 2.05) is 24.8 Å². The number of carbonyl (C=O) groups excluding carboxylic acids is 1. The maximum Gasteiger partial charge on any atom is 0.231 e. The smallest absolute Gasteiger partial charge is 0.231 e. The summed E-state index contributed by atoms with van der Waals surface area (Å²) in [6.07, 6.45) is -0.708. The van der Waals surface area contributed by atoms with Crippen LogP contribution in [-0.4, -0.2) is 35.5 Å². The van der Waals surface area contributed by atoms with Gasteiger partial charge in [0.05, 0.1) is 24.3 Å². The number of rotatable bonds is 7. The number of carbonyl (C=O) groups is 1. The first-order chi connectivity index (χ1) is 9.42. The van der Waals surface area contributed by atoms with Crippen LogP contribution in [0.1, 0.15) is 31.1 Å². The molecule has 0 saturated carbocycles. The quantitative estimate of drug-likeness (QED) is 0.777. The fourth-order valence-corrected chi connectivity index (χ4v) is 2.07. The van der Waals surface area contributed by atoms with Gasteiger partial charge in [0.25, 0.3) is 0 Å². The van der Waals surface area contributed by atoms with Gasteiger partial charge in [0.1, 0.15) is 0 Å². The topological polar surface area (TPSA) is 90.3 Å². The van der Waals surface area contributed by atoms with E-state index < -0.39 is 12.0 Å². The molecule has 20 heavy (non-hydrogen) atoms. The van der Waals surface area contributed by atoms with Crippen LogP contribution in [0.5, 0.6) is 0 Å². The van der Waals surface area contributed by atoms with Gasteiger partial charge in [-0.05, 0) is 23.6 Å². The van der Waals surface area contributed by atoms with Crippen molar-refractivity contribution in [1.82, 2.24) is 4.90 Å². The van der Waals surface area contributed by atoms with Crippen LogP contribution in [-0.2, 0) is 4.79 Å². The van der Waals surface area contributed by atoms with Crippen molar-refractivity contribution in [2.75, 3.05) is 19.6 Å². The highest BCUT2D eigenvalue weighted by Gasteiger charge is 2.16. The van der Waals surface area contributed by atoms with Gasteiger partial charge in [0.2, 0.25) is 5.91 Å². The Morgan fingerprint density at radius 1 is 1.35 bits per heavy atom. The van der Waals surface area contributed by atoms with E-state index in [9.17, 15) is 9.90 Å². The fourth-order valence-electron chi connectivity index (χ4n) is 2.07. The van der Waals surface area contributed by atoms with Gasteiger partial charge in [0, 0.05) is 13.1 Å². The Morgan fingerprint density at radius 2 is 1.95 bits per heavy atom. The summed E-state index contributed by atoms with van der Waals surface area (Å²) in [6.45, 7) is 5.25. The molecule has 1 amide bonds. The summed E-state index contributed by atoms with van der Waals surface area (Å²) >= 11 is 0. The maximum absolute atomic E-state index is 11.1. The second-order valence-corrected chi connectivity index (χ2v) is 5.30. The Kier molecular flexibility index (Phi) is 6.16. The molecule has 1 unspecified atom stereocenters. The predicted octanol–water partition coefficient (Wildman–Crippen LogP) is 1.03. The zero-order valence-corrected chi connectivity index (χ0v) is 11.9. The average molecular weight is 275 g/mol. The van der Waals surface area contributed by atoms with E-state index in [1.165, 1.54) is 0 Å². The highest BCUT2D eigenvalue weighted by molar-refractivity contribution is 5.75. The van der Waals surface area contributed by atoms with Gasteiger partial charge in [-0.1, -0.05) is 26.0 Å². The van der Waals surface area contributed by atoms with Crippen LogP contribution >= 0.6 is 0 Å². The van der Waals surface area contributed by atoms with Gasteiger partial charge in [-0.15, -0.1) is 0 Å².